The number of ether oxygens (including phenoxy) is 2. The van der Waals surface area contributed by atoms with E-state index >= 15 is 0 Å². The number of methoxy groups -OCH3 is 2. The second-order valence-corrected chi connectivity index (χ2v) is 3.09. The summed E-state index contributed by atoms with van der Waals surface area (Å²) < 4.78 is 10.9. The molecule has 0 bridgehead atoms. The molecule has 0 atom stereocenters. The predicted octanol–water partition coefficient (Wildman–Crippen LogP) is -0.227. The Bertz CT molecular complexity index is 560. The van der Waals surface area contributed by atoms with Gasteiger partial charge < -0.3 is 14.6 Å². The molecule has 0 aliphatic carbocycles. The van der Waals surface area contributed by atoms with Crippen molar-refractivity contribution >= 4 is 5.97 Å². The number of rotatable bonds is 4. The molecular formula is C9H9N5O4. The minimum atomic E-state index is -1.09. The van der Waals surface area contributed by atoms with Crippen LogP contribution in [0, 0.1) is 0 Å². The summed E-state index contributed by atoms with van der Waals surface area (Å²) in [5, 5.41) is 12.6. The molecule has 1 N–H and O–H groups in total. The van der Waals surface area contributed by atoms with Gasteiger partial charge in [-0.3, -0.25) is 0 Å². The number of aromatic carboxylic acids is 1. The predicted molar refractivity (Wildman–Crippen MR) is 57.0 cm³/mol. The van der Waals surface area contributed by atoms with Gasteiger partial charge >= 0.3 is 18.0 Å². The van der Waals surface area contributed by atoms with Crippen LogP contribution in [0.4, 0.5) is 0 Å². The van der Waals surface area contributed by atoms with Crippen LogP contribution in [0.25, 0.3) is 5.95 Å². The maximum atomic E-state index is 10.7. The van der Waals surface area contributed by atoms with Crippen LogP contribution in [-0.2, 0) is 0 Å². The number of carboxylic acids is 1. The summed E-state index contributed by atoms with van der Waals surface area (Å²) in [6.45, 7) is 0. The van der Waals surface area contributed by atoms with Crippen LogP contribution in [0.2, 0.25) is 0 Å². The van der Waals surface area contributed by atoms with E-state index in [1.165, 1.54) is 31.3 Å². The zero-order chi connectivity index (χ0) is 13.1. The molecule has 94 valence electrons. The van der Waals surface area contributed by atoms with Gasteiger partial charge in [-0.05, 0) is 0 Å². The molecule has 0 saturated carbocycles. The van der Waals surface area contributed by atoms with Gasteiger partial charge in [0.25, 0.3) is 5.95 Å². The maximum absolute atomic E-state index is 10.7. The molecular weight excluding hydrogens is 242 g/mol. The maximum Gasteiger partial charge on any atom is 0.338 e. The molecule has 18 heavy (non-hydrogen) atoms. The topological polar surface area (TPSA) is 112 Å². The number of hydrogen-bond donors (Lipinski definition) is 1. The summed E-state index contributed by atoms with van der Waals surface area (Å²) in [6, 6.07) is 0.0912. The first kappa shape index (κ1) is 11.8. The SMILES string of the molecule is COc1nc(OC)nc(-n2cc(C(=O)O)cn2)n1. The van der Waals surface area contributed by atoms with Gasteiger partial charge in [0.15, 0.2) is 0 Å². The summed E-state index contributed by atoms with van der Waals surface area (Å²) in [5.41, 5.74) is 0.0216. The van der Waals surface area contributed by atoms with Gasteiger partial charge in [0.1, 0.15) is 0 Å². The fourth-order valence-corrected chi connectivity index (χ4v) is 1.16. The van der Waals surface area contributed by atoms with E-state index in [1.807, 2.05) is 0 Å². The average Bonchev–Trinajstić information content (AvgIpc) is 2.87. The van der Waals surface area contributed by atoms with Crippen LogP contribution >= 0.6 is 0 Å². The minimum Gasteiger partial charge on any atom is -0.478 e. The summed E-state index contributed by atoms with van der Waals surface area (Å²) >= 11 is 0. The Hall–Kier alpha value is -2.71. The van der Waals surface area contributed by atoms with E-state index < -0.39 is 5.97 Å². The monoisotopic (exact) mass is 251 g/mol. The van der Waals surface area contributed by atoms with E-state index in [-0.39, 0.29) is 23.5 Å². The quantitative estimate of drug-likeness (QED) is 0.793. The number of aromatic nitrogens is 5. The third kappa shape index (κ3) is 2.19. The molecule has 2 rings (SSSR count). The molecule has 0 radical (unpaired) electrons. The minimum absolute atomic E-state index is 0.0216. The van der Waals surface area contributed by atoms with E-state index in [0.29, 0.717) is 0 Å². The summed E-state index contributed by atoms with van der Waals surface area (Å²) in [6.07, 6.45) is 2.46. The van der Waals surface area contributed by atoms with E-state index in [2.05, 4.69) is 20.1 Å². The van der Waals surface area contributed by atoms with Gasteiger partial charge in [0, 0.05) is 6.20 Å². The number of carboxylic acid groups (broad SMARTS) is 1. The van der Waals surface area contributed by atoms with Crippen molar-refractivity contribution in [2.75, 3.05) is 14.2 Å². The van der Waals surface area contributed by atoms with Crippen LogP contribution < -0.4 is 9.47 Å². The summed E-state index contributed by atoms with van der Waals surface area (Å²) in [5.74, 6) is -0.986. The number of carbonyl (C=O) groups is 1. The van der Waals surface area contributed by atoms with E-state index in [1.54, 1.807) is 0 Å². The number of nitrogens with zero attached hydrogens (tertiary/aromatic N) is 5. The Morgan fingerprint density at radius 1 is 1.22 bits per heavy atom. The van der Waals surface area contributed by atoms with E-state index in [4.69, 9.17) is 14.6 Å². The van der Waals surface area contributed by atoms with Crippen molar-refractivity contribution in [2.24, 2.45) is 0 Å². The molecule has 2 heterocycles. The first-order valence-corrected chi connectivity index (χ1v) is 4.76. The van der Waals surface area contributed by atoms with Crippen LogP contribution in [0.1, 0.15) is 10.4 Å². The van der Waals surface area contributed by atoms with E-state index in [9.17, 15) is 4.79 Å². The largest absolute Gasteiger partial charge is 0.478 e. The third-order valence-electron chi connectivity index (χ3n) is 1.98. The highest BCUT2D eigenvalue weighted by molar-refractivity contribution is 5.86. The van der Waals surface area contributed by atoms with Crippen molar-refractivity contribution < 1.29 is 19.4 Å². The van der Waals surface area contributed by atoms with E-state index in [0.717, 1.165) is 0 Å². The third-order valence-corrected chi connectivity index (χ3v) is 1.98. The molecule has 0 unspecified atom stereocenters. The van der Waals surface area contributed by atoms with Gasteiger partial charge in [-0.1, -0.05) is 0 Å². The molecule has 9 heteroatoms. The Labute approximate surface area is 101 Å². The van der Waals surface area contributed by atoms with Crippen molar-refractivity contribution in [3.05, 3.63) is 18.0 Å². The Morgan fingerprint density at radius 2 is 1.83 bits per heavy atom. The van der Waals surface area contributed by atoms with Crippen molar-refractivity contribution in [3.8, 4) is 18.0 Å². The first-order valence-electron chi connectivity index (χ1n) is 4.76. The van der Waals surface area contributed by atoms with Crippen LogP contribution in [0.3, 0.4) is 0 Å². The van der Waals surface area contributed by atoms with Crippen LogP contribution in [0.5, 0.6) is 12.0 Å². The lowest BCUT2D eigenvalue weighted by Crippen LogP contribution is -2.07. The molecule has 2 aromatic rings. The fraction of sp³-hybridized carbons (Fsp3) is 0.222. The summed E-state index contributed by atoms with van der Waals surface area (Å²) in [4.78, 5) is 22.4. The molecule has 0 spiro atoms. The Morgan fingerprint density at radius 3 is 2.28 bits per heavy atom. The van der Waals surface area contributed by atoms with Crippen molar-refractivity contribution in [1.29, 1.82) is 0 Å². The highest BCUT2D eigenvalue weighted by Gasteiger charge is 2.12. The van der Waals surface area contributed by atoms with Crippen LogP contribution in [-0.4, -0.2) is 50.0 Å². The highest BCUT2D eigenvalue weighted by atomic mass is 16.5. The second-order valence-electron chi connectivity index (χ2n) is 3.09. The molecule has 2 aromatic heterocycles. The van der Waals surface area contributed by atoms with Gasteiger partial charge in [0.2, 0.25) is 0 Å². The van der Waals surface area contributed by atoms with Gasteiger partial charge in [-0.25, -0.2) is 9.48 Å². The Balaban J connectivity index is 2.45. The normalized spacial score (nSPS) is 10.1. The van der Waals surface area contributed by atoms with Crippen molar-refractivity contribution in [2.45, 2.75) is 0 Å². The molecule has 0 aliphatic rings. The molecule has 0 amide bonds. The fourth-order valence-electron chi connectivity index (χ4n) is 1.16. The lowest BCUT2D eigenvalue weighted by atomic mass is 10.4. The van der Waals surface area contributed by atoms with Crippen molar-refractivity contribution in [1.82, 2.24) is 24.7 Å². The molecule has 0 aromatic carbocycles. The Kier molecular flexibility index (Phi) is 3.04. The summed E-state index contributed by atoms with van der Waals surface area (Å²) in [7, 11) is 2.79. The lowest BCUT2D eigenvalue weighted by molar-refractivity contribution is 0.0697. The molecule has 0 fully saturated rings. The van der Waals surface area contributed by atoms with Gasteiger partial charge in [-0.2, -0.15) is 15.1 Å². The smallest absolute Gasteiger partial charge is 0.338 e. The molecule has 0 aliphatic heterocycles. The van der Waals surface area contributed by atoms with Crippen molar-refractivity contribution in [3.63, 3.8) is 0 Å². The average molecular weight is 251 g/mol. The zero-order valence-electron chi connectivity index (χ0n) is 9.56. The standard InChI is InChI=1S/C9H9N5O4/c1-17-8-11-7(12-9(13-8)18-2)14-4-5(3-10-14)6(15)16/h3-4H,1-2H3,(H,15,16). The lowest BCUT2D eigenvalue weighted by Gasteiger charge is -2.04. The van der Waals surface area contributed by atoms with Gasteiger partial charge in [-0.15, -0.1) is 4.98 Å². The number of hydrogen-bond acceptors (Lipinski definition) is 7. The molecule has 9 nitrogen and oxygen atoms in total. The van der Waals surface area contributed by atoms with Crippen LogP contribution in [0.15, 0.2) is 12.4 Å². The molecule has 0 saturated heterocycles. The zero-order valence-corrected chi connectivity index (χ0v) is 9.56. The first-order chi connectivity index (χ1) is 8.63. The second kappa shape index (κ2) is 4.65. The highest BCUT2D eigenvalue weighted by Crippen LogP contribution is 2.12. The van der Waals surface area contributed by atoms with Gasteiger partial charge in [0.05, 0.1) is 26.0 Å².